The van der Waals surface area contributed by atoms with Gasteiger partial charge in [-0.15, -0.1) is 10.2 Å². The van der Waals surface area contributed by atoms with Crippen LogP contribution in [0.4, 0.5) is 0 Å². The molecule has 4 aromatic rings. The van der Waals surface area contributed by atoms with E-state index in [0.717, 1.165) is 42.0 Å². The van der Waals surface area contributed by atoms with E-state index in [1.54, 1.807) is 0 Å². The lowest BCUT2D eigenvalue weighted by Crippen LogP contribution is -2.38. The van der Waals surface area contributed by atoms with Gasteiger partial charge in [0.05, 0.1) is 0 Å². The van der Waals surface area contributed by atoms with E-state index in [-0.39, 0.29) is 0 Å². The zero-order valence-corrected chi connectivity index (χ0v) is 17.9. The molecule has 30 heavy (non-hydrogen) atoms. The second kappa shape index (κ2) is 10.1. The molecule has 0 unspecified atom stereocenters. The highest BCUT2D eigenvalue weighted by Crippen LogP contribution is 2.22. The normalized spacial score (nSPS) is 11.8. The van der Waals surface area contributed by atoms with Crippen molar-refractivity contribution in [2.45, 2.75) is 19.2 Å². The third-order valence-electron chi connectivity index (χ3n) is 4.78. The van der Waals surface area contributed by atoms with Crippen LogP contribution in [0.5, 0.6) is 0 Å². The Hall–Kier alpha value is -3.06. The van der Waals surface area contributed by atoms with Crippen molar-refractivity contribution in [1.29, 1.82) is 0 Å². The maximum absolute atomic E-state index is 4.66. The van der Waals surface area contributed by atoms with Crippen LogP contribution in [0.1, 0.15) is 18.3 Å². The number of rotatable bonds is 8. The molecule has 0 atom stereocenters. The highest BCUT2D eigenvalue weighted by Gasteiger charge is 2.05. The SMILES string of the molecule is CCNC(=NCc1nnc2ccccn12)NCCSCc1cccc2ccccc12. The summed E-state index contributed by atoms with van der Waals surface area (Å²) in [7, 11) is 0. The van der Waals surface area contributed by atoms with Gasteiger partial charge in [-0.05, 0) is 35.4 Å². The number of aromatic nitrogens is 3. The fourth-order valence-electron chi connectivity index (χ4n) is 3.33. The number of thioether (sulfide) groups is 1. The Balaban J connectivity index is 1.29. The summed E-state index contributed by atoms with van der Waals surface area (Å²) in [6.45, 7) is 4.21. The predicted octanol–water partition coefficient (Wildman–Crippen LogP) is 3.87. The molecule has 0 spiro atoms. The minimum absolute atomic E-state index is 0.476. The second-order valence-electron chi connectivity index (χ2n) is 6.86. The van der Waals surface area contributed by atoms with Gasteiger partial charge in [-0.2, -0.15) is 11.8 Å². The van der Waals surface area contributed by atoms with Crippen LogP contribution in [-0.2, 0) is 12.3 Å². The summed E-state index contributed by atoms with van der Waals surface area (Å²) in [4.78, 5) is 4.66. The summed E-state index contributed by atoms with van der Waals surface area (Å²) in [6.07, 6.45) is 1.96. The lowest BCUT2D eigenvalue weighted by molar-refractivity contribution is 0.817. The second-order valence-corrected chi connectivity index (χ2v) is 7.96. The molecule has 0 radical (unpaired) electrons. The summed E-state index contributed by atoms with van der Waals surface area (Å²) in [5.74, 6) is 3.63. The summed E-state index contributed by atoms with van der Waals surface area (Å²) < 4.78 is 1.97. The molecule has 2 aromatic heterocycles. The maximum atomic E-state index is 4.66. The van der Waals surface area contributed by atoms with E-state index in [4.69, 9.17) is 0 Å². The van der Waals surface area contributed by atoms with Gasteiger partial charge < -0.3 is 10.6 Å². The van der Waals surface area contributed by atoms with Gasteiger partial charge >= 0.3 is 0 Å². The van der Waals surface area contributed by atoms with Crippen LogP contribution in [0.15, 0.2) is 71.9 Å². The molecule has 6 nitrogen and oxygen atoms in total. The van der Waals surface area contributed by atoms with E-state index < -0.39 is 0 Å². The van der Waals surface area contributed by atoms with Crippen LogP contribution in [0, 0.1) is 0 Å². The number of hydrogen-bond acceptors (Lipinski definition) is 4. The van der Waals surface area contributed by atoms with Crippen molar-refractivity contribution in [3.63, 3.8) is 0 Å². The number of nitrogens with zero attached hydrogens (tertiary/aromatic N) is 4. The van der Waals surface area contributed by atoms with Gasteiger partial charge in [-0.3, -0.25) is 4.40 Å². The first-order chi connectivity index (χ1) is 14.8. The highest BCUT2D eigenvalue weighted by molar-refractivity contribution is 7.98. The van der Waals surface area contributed by atoms with E-state index in [9.17, 15) is 0 Å². The summed E-state index contributed by atoms with van der Waals surface area (Å²) >= 11 is 1.93. The van der Waals surface area contributed by atoms with Gasteiger partial charge in [0.25, 0.3) is 0 Å². The predicted molar refractivity (Wildman–Crippen MR) is 126 cm³/mol. The van der Waals surface area contributed by atoms with Crippen molar-refractivity contribution in [3.05, 3.63) is 78.2 Å². The zero-order chi connectivity index (χ0) is 20.6. The first kappa shape index (κ1) is 20.2. The van der Waals surface area contributed by atoms with Crippen molar-refractivity contribution < 1.29 is 0 Å². The van der Waals surface area contributed by atoms with E-state index in [1.807, 2.05) is 40.6 Å². The fourth-order valence-corrected chi connectivity index (χ4v) is 4.19. The van der Waals surface area contributed by atoms with Crippen molar-refractivity contribution in [2.75, 3.05) is 18.8 Å². The van der Waals surface area contributed by atoms with Crippen LogP contribution < -0.4 is 10.6 Å². The lowest BCUT2D eigenvalue weighted by atomic mass is 10.1. The molecule has 2 N–H and O–H groups in total. The average molecular weight is 419 g/mol. The Morgan fingerprint density at radius 1 is 1.00 bits per heavy atom. The van der Waals surface area contributed by atoms with Gasteiger partial charge in [0.2, 0.25) is 0 Å². The molecular formula is C23H26N6S. The van der Waals surface area contributed by atoms with Gasteiger partial charge in [-0.1, -0.05) is 48.5 Å². The molecule has 0 saturated carbocycles. The number of nitrogens with one attached hydrogen (secondary N) is 2. The Morgan fingerprint density at radius 3 is 2.80 bits per heavy atom. The Labute approximate surface area is 180 Å². The molecule has 0 aliphatic carbocycles. The lowest BCUT2D eigenvalue weighted by Gasteiger charge is -2.11. The molecule has 4 rings (SSSR count). The standard InChI is InChI=1S/C23H26N6S/c1-2-24-23(26-16-22-28-27-21-12-5-6-14-29(21)22)25-13-15-30-17-19-10-7-9-18-8-3-4-11-20(18)19/h3-12,14H,2,13,15-17H2,1H3,(H2,24,25,26). The van der Waals surface area contributed by atoms with E-state index in [2.05, 4.69) is 75.2 Å². The number of aliphatic imine (C=N–C) groups is 1. The van der Waals surface area contributed by atoms with E-state index in [0.29, 0.717) is 6.54 Å². The topological polar surface area (TPSA) is 66.6 Å². The molecule has 2 heterocycles. The molecule has 0 aliphatic rings. The summed E-state index contributed by atoms with van der Waals surface area (Å²) in [6, 6.07) is 21.0. The minimum atomic E-state index is 0.476. The number of guanidine groups is 1. The fraction of sp³-hybridized carbons (Fsp3) is 0.261. The van der Waals surface area contributed by atoms with Crippen molar-refractivity contribution in [2.24, 2.45) is 4.99 Å². The van der Waals surface area contributed by atoms with Crippen molar-refractivity contribution in [3.8, 4) is 0 Å². The third-order valence-corrected chi connectivity index (χ3v) is 5.79. The Bertz CT molecular complexity index is 1130. The molecule has 0 fully saturated rings. The van der Waals surface area contributed by atoms with Crippen molar-refractivity contribution in [1.82, 2.24) is 25.2 Å². The highest BCUT2D eigenvalue weighted by atomic mass is 32.2. The van der Waals surface area contributed by atoms with Gasteiger partial charge in [0, 0.05) is 30.8 Å². The zero-order valence-electron chi connectivity index (χ0n) is 17.1. The van der Waals surface area contributed by atoms with E-state index >= 15 is 0 Å². The van der Waals surface area contributed by atoms with Crippen LogP contribution in [-0.4, -0.2) is 39.4 Å². The molecule has 0 aliphatic heterocycles. The molecule has 0 amide bonds. The molecule has 154 valence electrons. The Kier molecular flexibility index (Phi) is 6.82. The maximum Gasteiger partial charge on any atom is 0.191 e. The molecule has 0 bridgehead atoms. The van der Waals surface area contributed by atoms with Crippen LogP contribution in [0.2, 0.25) is 0 Å². The van der Waals surface area contributed by atoms with Gasteiger partial charge in [0.15, 0.2) is 17.4 Å². The Morgan fingerprint density at radius 2 is 1.87 bits per heavy atom. The van der Waals surface area contributed by atoms with E-state index in [1.165, 1.54) is 16.3 Å². The first-order valence-corrected chi connectivity index (χ1v) is 11.4. The summed E-state index contributed by atoms with van der Waals surface area (Å²) in [5, 5.41) is 17.8. The largest absolute Gasteiger partial charge is 0.357 e. The van der Waals surface area contributed by atoms with Crippen LogP contribution >= 0.6 is 11.8 Å². The minimum Gasteiger partial charge on any atom is -0.357 e. The number of pyridine rings is 1. The van der Waals surface area contributed by atoms with Crippen molar-refractivity contribution >= 4 is 34.1 Å². The smallest absolute Gasteiger partial charge is 0.191 e. The number of benzene rings is 2. The van der Waals surface area contributed by atoms with Crippen LogP contribution in [0.25, 0.3) is 16.4 Å². The quantitative estimate of drug-likeness (QED) is 0.258. The average Bonchev–Trinajstić information content (AvgIpc) is 3.20. The molecule has 0 saturated heterocycles. The van der Waals surface area contributed by atoms with Gasteiger partial charge in [-0.25, -0.2) is 4.99 Å². The summed E-state index contributed by atoms with van der Waals surface area (Å²) in [5.41, 5.74) is 2.22. The monoisotopic (exact) mass is 418 g/mol. The number of fused-ring (bicyclic) bond motifs is 2. The molecular weight excluding hydrogens is 392 g/mol. The third kappa shape index (κ3) is 4.91. The first-order valence-electron chi connectivity index (χ1n) is 10.2. The molecule has 2 aromatic carbocycles. The molecule has 7 heteroatoms. The van der Waals surface area contributed by atoms with Gasteiger partial charge in [0.1, 0.15) is 6.54 Å². The van der Waals surface area contributed by atoms with Crippen LogP contribution in [0.3, 0.4) is 0 Å². The number of hydrogen-bond donors (Lipinski definition) is 2.